The number of phenols is 2. The zero-order valence-electron chi connectivity index (χ0n) is 19.9. The first-order valence-electron chi connectivity index (χ1n) is 11.6. The molecule has 3 heterocycles. The zero-order valence-corrected chi connectivity index (χ0v) is 19.9. The number of phenolic OH excluding ortho intramolecular Hbond substituents is 2. The molecule has 9 heteroatoms. The lowest BCUT2D eigenvalue weighted by Gasteiger charge is -2.37. The second kappa shape index (κ2) is 7.26. The molecular weight excluding hydrogens is 448 g/mol. The highest BCUT2D eigenvalue weighted by atomic mass is 16.3. The Hall–Kier alpha value is -3.98. The monoisotopic (exact) mass is 474 g/mol. The Bertz CT molecular complexity index is 1740. The predicted octanol–water partition coefficient (Wildman–Crippen LogP) is 4.04. The van der Waals surface area contributed by atoms with E-state index in [1.165, 1.54) is 0 Å². The summed E-state index contributed by atoms with van der Waals surface area (Å²) >= 11 is 0. The number of fused-ring (bicyclic) bond motifs is 6. The molecule has 5 N–H and O–H groups in total. The van der Waals surface area contributed by atoms with Gasteiger partial charge < -0.3 is 35.0 Å². The third-order valence-electron chi connectivity index (χ3n) is 6.87. The van der Waals surface area contributed by atoms with Gasteiger partial charge in [0.25, 0.3) is 0 Å². The highest BCUT2D eigenvalue weighted by Crippen LogP contribution is 2.43. The predicted molar refractivity (Wildman–Crippen MR) is 137 cm³/mol. The molecule has 0 spiro atoms. The third kappa shape index (κ3) is 3.04. The van der Waals surface area contributed by atoms with Crippen LogP contribution in [0.2, 0.25) is 0 Å². The second-order valence-electron chi connectivity index (χ2n) is 9.64. The minimum Gasteiger partial charge on any atom is -0.505 e. The van der Waals surface area contributed by atoms with Crippen molar-refractivity contribution in [1.82, 2.24) is 10.3 Å². The number of hydrogen-bond acceptors (Lipinski definition) is 9. The molecule has 6 rings (SSSR count). The number of aromatic hydroxyl groups is 2. The number of nitrogens with two attached hydrogens (primary N) is 1. The number of aryl methyl sites for hydroxylation is 2. The lowest BCUT2D eigenvalue weighted by molar-refractivity contribution is 0.406. The van der Waals surface area contributed by atoms with Crippen LogP contribution in [0.3, 0.4) is 0 Å². The van der Waals surface area contributed by atoms with Crippen LogP contribution < -0.4 is 21.4 Å². The molecule has 0 bridgehead atoms. The molecule has 0 amide bonds. The topological polar surface area (TPSA) is 138 Å². The van der Waals surface area contributed by atoms with Gasteiger partial charge in [0.1, 0.15) is 33.8 Å². The Kier molecular flexibility index (Phi) is 4.47. The van der Waals surface area contributed by atoms with Crippen molar-refractivity contribution in [2.24, 2.45) is 0 Å². The normalized spacial score (nSPS) is 18.9. The van der Waals surface area contributed by atoms with Gasteiger partial charge in [0, 0.05) is 59.3 Å². The number of hydrogen-bond donors (Lipinski definition) is 4. The van der Waals surface area contributed by atoms with Crippen LogP contribution in [0.5, 0.6) is 11.5 Å². The molecule has 3 aromatic carbocycles. The Morgan fingerprint density at radius 1 is 1.03 bits per heavy atom. The van der Waals surface area contributed by atoms with Crippen molar-refractivity contribution in [3.05, 3.63) is 39.7 Å². The van der Waals surface area contributed by atoms with E-state index in [0.29, 0.717) is 33.3 Å². The standard InChI is InChI=1S/C26H26N4O5/c1-10-8-30(9-11(2)28-10)14-6-16(31)21-17(7-14)35-26-20(27)24(33)19-18(22(26)29-21)15-5-12(3)34-25(15)13(4)23(19)32/h5-7,10-11,28,31,33H,8-9,27H2,1-4H3. The number of rotatable bonds is 1. The molecule has 1 aliphatic rings. The second-order valence-corrected chi connectivity index (χ2v) is 9.64. The fourth-order valence-corrected chi connectivity index (χ4v) is 5.39. The van der Waals surface area contributed by atoms with E-state index in [4.69, 9.17) is 19.6 Å². The smallest absolute Gasteiger partial charge is 0.196 e. The van der Waals surface area contributed by atoms with E-state index >= 15 is 0 Å². The van der Waals surface area contributed by atoms with E-state index in [1.54, 1.807) is 26.0 Å². The van der Waals surface area contributed by atoms with Crippen molar-refractivity contribution in [3.63, 3.8) is 0 Å². The maximum absolute atomic E-state index is 13.2. The molecule has 0 saturated carbocycles. The number of anilines is 2. The third-order valence-corrected chi connectivity index (χ3v) is 6.87. The average Bonchev–Trinajstić information content (AvgIpc) is 3.20. The Morgan fingerprint density at radius 2 is 1.74 bits per heavy atom. The number of nitrogens with one attached hydrogen (secondary N) is 1. The lowest BCUT2D eigenvalue weighted by atomic mass is 9.99. The van der Waals surface area contributed by atoms with E-state index in [-0.39, 0.29) is 51.3 Å². The van der Waals surface area contributed by atoms with Gasteiger partial charge in [0.05, 0.1) is 5.39 Å². The van der Waals surface area contributed by atoms with Crippen LogP contribution in [0.4, 0.5) is 11.4 Å². The summed E-state index contributed by atoms with van der Waals surface area (Å²) in [6.07, 6.45) is 0. The van der Waals surface area contributed by atoms with Crippen LogP contribution in [0.15, 0.2) is 31.8 Å². The summed E-state index contributed by atoms with van der Waals surface area (Å²) in [6.45, 7) is 9.20. The zero-order chi connectivity index (χ0) is 24.8. The number of aromatic nitrogens is 1. The van der Waals surface area contributed by atoms with E-state index in [9.17, 15) is 15.0 Å². The summed E-state index contributed by atoms with van der Waals surface area (Å²) < 4.78 is 12.0. The highest BCUT2D eigenvalue weighted by molar-refractivity contribution is 6.23. The van der Waals surface area contributed by atoms with E-state index in [0.717, 1.165) is 18.8 Å². The van der Waals surface area contributed by atoms with E-state index in [1.807, 2.05) is 6.07 Å². The SMILES string of the molecule is Cc1cc2c(o1)c(C)c(=O)c1c(O)c(N)c3oc4cc(N5CC(C)NC(C)C5)cc(O)c4nc3c12. The van der Waals surface area contributed by atoms with Crippen molar-refractivity contribution in [3.8, 4) is 11.5 Å². The first-order chi connectivity index (χ1) is 16.6. The van der Waals surface area contributed by atoms with E-state index in [2.05, 4.69) is 24.1 Å². The van der Waals surface area contributed by atoms with Gasteiger partial charge in [0.2, 0.25) is 0 Å². The molecule has 1 aliphatic heterocycles. The van der Waals surface area contributed by atoms with E-state index < -0.39 is 5.43 Å². The summed E-state index contributed by atoms with van der Waals surface area (Å²) in [5, 5.41) is 26.5. The van der Waals surface area contributed by atoms with Crippen molar-refractivity contribution < 1.29 is 19.0 Å². The van der Waals surface area contributed by atoms with Crippen molar-refractivity contribution in [2.75, 3.05) is 23.7 Å². The Labute approximate surface area is 199 Å². The van der Waals surface area contributed by atoms with Gasteiger partial charge in [-0.1, -0.05) is 0 Å². The van der Waals surface area contributed by atoms with Gasteiger partial charge in [0.15, 0.2) is 22.3 Å². The lowest BCUT2D eigenvalue weighted by Crippen LogP contribution is -2.54. The van der Waals surface area contributed by atoms with Crippen LogP contribution in [-0.4, -0.2) is 40.4 Å². The van der Waals surface area contributed by atoms with Gasteiger partial charge in [-0.15, -0.1) is 0 Å². The first-order valence-corrected chi connectivity index (χ1v) is 11.6. The summed E-state index contributed by atoms with van der Waals surface area (Å²) in [5.41, 5.74) is 8.39. The highest BCUT2D eigenvalue weighted by Gasteiger charge is 2.26. The molecule has 5 aromatic rings. The minimum absolute atomic E-state index is 0.0455. The van der Waals surface area contributed by atoms with Crippen LogP contribution in [0, 0.1) is 13.8 Å². The van der Waals surface area contributed by atoms with Gasteiger partial charge in [-0.05, 0) is 33.8 Å². The molecule has 2 unspecified atom stereocenters. The van der Waals surface area contributed by atoms with Crippen molar-refractivity contribution in [1.29, 1.82) is 0 Å². The Balaban J connectivity index is 1.71. The fraction of sp³-hybridized carbons (Fsp3) is 0.308. The van der Waals surface area contributed by atoms with Crippen LogP contribution in [-0.2, 0) is 0 Å². The molecule has 2 atom stereocenters. The molecule has 35 heavy (non-hydrogen) atoms. The van der Waals surface area contributed by atoms with Crippen LogP contribution >= 0.6 is 0 Å². The molecule has 0 aliphatic carbocycles. The van der Waals surface area contributed by atoms with Gasteiger partial charge in [-0.25, -0.2) is 4.98 Å². The summed E-state index contributed by atoms with van der Waals surface area (Å²) in [6, 6.07) is 5.86. The van der Waals surface area contributed by atoms with Gasteiger partial charge >= 0.3 is 0 Å². The first kappa shape index (κ1) is 21.5. The molecular formula is C26H26N4O5. The van der Waals surface area contributed by atoms with Crippen LogP contribution in [0.1, 0.15) is 25.2 Å². The molecule has 2 aromatic heterocycles. The maximum Gasteiger partial charge on any atom is 0.196 e. The number of furan rings is 1. The summed E-state index contributed by atoms with van der Waals surface area (Å²) in [5.74, 6) is 0.219. The number of nitrogens with zero attached hydrogens (tertiary/aromatic N) is 2. The molecule has 180 valence electrons. The maximum atomic E-state index is 13.2. The number of nitrogen functional groups attached to an aromatic ring is 1. The van der Waals surface area contributed by atoms with Crippen LogP contribution in [0.25, 0.3) is 43.9 Å². The van der Waals surface area contributed by atoms with Crippen molar-refractivity contribution in [2.45, 2.75) is 39.8 Å². The van der Waals surface area contributed by atoms with Crippen molar-refractivity contribution >= 4 is 55.3 Å². The van der Waals surface area contributed by atoms with Gasteiger partial charge in [-0.2, -0.15) is 0 Å². The molecule has 1 fully saturated rings. The largest absolute Gasteiger partial charge is 0.505 e. The summed E-state index contributed by atoms with van der Waals surface area (Å²) in [7, 11) is 0. The summed E-state index contributed by atoms with van der Waals surface area (Å²) in [4.78, 5) is 20.1. The number of piperazine rings is 1. The van der Waals surface area contributed by atoms with Gasteiger partial charge in [-0.3, -0.25) is 4.79 Å². The number of benzene rings is 3. The minimum atomic E-state index is -0.392. The average molecular weight is 475 g/mol. The molecule has 9 nitrogen and oxygen atoms in total. The quantitative estimate of drug-likeness (QED) is 0.123. The molecule has 1 saturated heterocycles. The Morgan fingerprint density at radius 3 is 2.46 bits per heavy atom. The fourth-order valence-electron chi connectivity index (χ4n) is 5.39. The molecule has 0 radical (unpaired) electrons.